The fourth-order valence-electron chi connectivity index (χ4n) is 10.5. The van der Waals surface area contributed by atoms with Crippen molar-refractivity contribution in [3.05, 3.63) is 253 Å². The molecule has 0 bridgehead atoms. The van der Waals surface area contributed by atoms with Crippen LogP contribution in [-0.2, 0) is 0 Å². The first-order chi connectivity index (χ1) is 26.8. The van der Waals surface area contributed by atoms with E-state index in [2.05, 4.69) is 231 Å². The molecule has 2 heterocycles. The fourth-order valence-corrected chi connectivity index (χ4v) is 34.0. The van der Waals surface area contributed by atoms with E-state index in [9.17, 15) is 0 Å². The van der Waals surface area contributed by atoms with Gasteiger partial charge in [0.2, 0.25) is 0 Å². The third-order valence-corrected chi connectivity index (χ3v) is 34.6. The molecule has 6 aromatic carbocycles. The summed E-state index contributed by atoms with van der Waals surface area (Å²) < 4.78 is 9.79. The molecule has 4 unspecified atom stereocenters. The maximum atomic E-state index is 2.70. The van der Waals surface area contributed by atoms with Crippen LogP contribution in [0.15, 0.2) is 242 Å². The van der Waals surface area contributed by atoms with Crippen LogP contribution in [0.1, 0.15) is 23.0 Å². The molecule has 4 atom stereocenters. The predicted molar refractivity (Wildman–Crippen MR) is 234 cm³/mol. The SMILES string of the molecule is C1=CC2=CC(C3C=C4C=CC=C[CH]4[Ge]([c]4ccccc4)([c]4ccccc4)[c]4ccccc43)c3cccc[c]3[Ge]([c]3ccccc3)([c]3ccccc3)[CH]2C=C1. The quantitative estimate of drug-likeness (QED) is 0.154. The van der Waals surface area contributed by atoms with Crippen LogP contribution in [0.3, 0.4) is 0 Å². The molecule has 2 heteroatoms. The zero-order valence-corrected chi connectivity index (χ0v) is 34.4. The Bertz CT molecular complexity index is 2250. The van der Waals surface area contributed by atoms with Crippen molar-refractivity contribution in [2.24, 2.45) is 0 Å². The third kappa shape index (κ3) is 5.11. The summed E-state index contributed by atoms with van der Waals surface area (Å²) >= 11 is -6.95. The van der Waals surface area contributed by atoms with Crippen molar-refractivity contribution in [1.29, 1.82) is 0 Å². The Labute approximate surface area is 325 Å². The molecular formula is C52H42Ge2. The van der Waals surface area contributed by atoms with Crippen LogP contribution in [0, 0.1) is 0 Å². The molecule has 4 aliphatic rings. The second-order valence-electron chi connectivity index (χ2n) is 15.1. The molecule has 2 aliphatic carbocycles. The Morgan fingerprint density at radius 2 is 0.630 bits per heavy atom. The Morgan fingerprint density at radius 3 is 0.981 bits per heavy atom. The summed E-state index contributed by atoms with van der Waals surface area (Å²) in [5.41, 5.74) is 5.89. The van der Waals surface area contributed by atoms with Crippen molar-refractivity contribution in [2.45, 2.75) is 21.3 Å². The van der Waals surface area contributed by atoms with Crippen LogP contribution in [0.25, 0.3) is 0 Å². The van der Waals surface area contributed by atoms with E-state index in [1.54, 1.807) is 8.79 Å². The summed E-state index contributed by atoms with van der Waals surface area (Å²) in [6.45, 7) is 0. The summed E-state index contributed by atoms with van der Waals surface area (Å²) in [6, 6.07) is 65.5. The van der Waals surface area contributed by atoms with Gasteiger partial charge in [0.15, 0.2) is 0 Å². The number of fused-ring (bicyclic) bond motifs is 4. The van der Waals surface area contributed by atoms with Crippen LogP contribution >= 0.6 is 0 Å². The predicted octanol–water partition coefficient (Wildman–Crippen LogP) is 8.37. The molecule has 0 spiro atoms. The van der Waals surface area contributed by atoms with E-state index >= 15 is 0 Å². The summed E-state index contributed by atoms with van der Waals surface area (Å²) in [5.74, 6) is 0.293. The molecular weight excluding hydrogens is 770 g/mol. The number of hydrogen-bond donors (Lipinski definition) is 0. The molecule has 0 amide bonds. The van der Waals surface area contributed by atoms with Crippen molar-refractivity contribution < 1.29 is 0 Å². The van der Waals surface area contributed by atoms with Gasteiger partial charge in [-0.25, -0.2) is 0 Å². The van der Waals surface area contributed by atoms with E-state index in [4.69, 9.17) is 0 Å². The number of rotatable bonds is 5. The Morgan fingerprint density at radius 1 is 0.315 bits per heavy atom. The molecule has 0 N–H and O–H groups in total. The Balaban J connectivity index is 1.30. The molecule has 10 rings (SSSR count). The topological polar surface area (TPSA) is 0 Å². The Hall–Kier alpha value is -5.15. The molecule has 2 aliphatic heterocycles. The van der Waals surface area contributed by atoms with Crippen LogP contribution in [-0.4, -0.2) is 26.5 Å². The van der Waals surface area contributed by atoms with Gasteiger partial charge in [-0.1, -0.05) is 0 Å². The first kappa shape index (κ1) is 33.4. The molecule has 0 radical (unpaired) electrons. The van der Waals surface area contributed by atoms with E-state index in [1.165, 1.54) is 39.9 Å². The monoisotopic (exact) mass is 814 g/mol. The zero-order valence-electron chi connectivity index (χ0n) is 30.2. The van der Waals surface area contributed by atoms with Crippen molar-refractivity contribution in [1.82, 2.24) is 0 Å². The van der Waals surface area contributed by atoms with Gasteiger partial charge in [-0.15, -0.1) is 0 Å². The standard InChI is InChI=1S/C52H42Ge2/c1-5-23-41(24-6-1)53(42-25-7-2-8-26-42)49-33-17-13-21-39(49)37-47(45-31-15-19-35-51(45)53)48-38-40-22-14-18-34-50(40)54(43-27-9-3-10-28-43,44-29-11-4-12-30-44)52-36-20-16-32-46(48)52/h1-38,47-50H. The van der Waals surface area contributed by atoms with E-state index in [0.717, 1.165) is 0 Å². The Kier molecular flexibility index (Phi) is 8.62. The van der Waals surface area contributed by atoms with Gasteiger partial charge >= 0.3 is 327 Å². The summed E-state index contributed by atoms with van der Waals surface area (Å²) in [6.07, 6.45) is 24.5. The average Bonchev–Trinajstić information content (AvgIpc) is 3.47. The zero-order chi connectivity index (χ0) is 36.0. The molecule has 6 aromatic rings. The van der Waals surface area contributed by atoms with Gasteiger partial charge in [0.05, 0.1) is 0 Å². The number of hydrogen-bond acceptors (Lipinski definition) is 0. The van der Waals surface area contributed by atoms with Crippen LogP contribution in [0.5, 0.6) is 0 Å². The molecule has 0 nitrogen and oxygen atoms in total. The van der Waals surface area contributed by atoms with Crippen molar-refractivity contribution in [2.75, 3.05) is 0 Å². The molecule has 54 heavy (non-hydrogen) atoms. The molecule has 0 saturated carbocycles. The van der Waals surface area contributed by atoms with Gasteiger partial charge < -0.3 is 0 Å². The fraction of sp³-hybridized carbons (Fsp3) is 0.0769. The van der Waals surface area contributed by atoms with Gasteiger partial charge in [-0.3, -0.25) is 0 Å². The van der Waals surface area contributed by atoms with E-state index < -0.39 is 26.5 Å². The normalized spacial score (nSPS) is 22.7. The molecule has 0 aromatic heterocycles. The van der Waals surface area contributed by atoms with Gasteiger partial charge in [-0.05, 0) is 0 Å². The second-order valence-corrected chi connectivity index (χ2v) is 31.6. The van der Waals surface area contributed by atoms with Gasteiger partial charge in [-0.2, -0.15) is 0 Å². The van der Waals surface area contributed by atoms with Gasteiger partial charge in [0.1, 0.15) is 0 Å². The van der Waals surface area contributed by atoms with Crippen molar-refractivity contribution >= 4 is 52.9 Å². The summed E-state index contributed by atoms with van der Waals surface area (Å²) in [4.78, 5) is 0. The third-order valence-electron chi connectivity index (χ3n) is 12.6. The van der Waals surface area contributed by atoms with Crippen molar-refractivity contribution in [3.63, 3.8) is 0 Å². The second kappa shape index (κ2) is 13.9. The minimum atomic E-state index is -3.48. The molecule has 258 valence electrons. The van der Waals surface area contributed by atoms with Crippen LogP contribution in [0.2, 0.25) is 9.50 Å². The van der Waals surface area contributed by atoms with Crippen LogP contribution in [0.4, 0.5) is 0 Å². The molecule has 0 saturated heterocycles. The average molecular weight is 812 g/mol. The van der Waals surface area contributed by atoms with E-state index in [0.29, 0.717) is 9.50 Å². The minimum absolute atomic E-state index is 0.146. The molecule has 0 fully saturated rings. The van der Waals surface area contributed by atoms with Crippen LogP contribution < -0.4 is 26.4 Å². The van der Waals surface area contributed by atoms with Gasteiger partial charge in [0.25, 0.3) is 0 Å². The van der Waals surface area contributed by atoms with E-state index in [1.807, 2.05) is 0 Å². The number of benzene rings is 6. The number of allylic oxidation sites excluding steroid dienone is 12. The summed E-state index contributed by atoms with van der Waals surface area (Å²) in [5, 5.41) is 0. The first-order valence-corrected chi connectivity index (χ1v) is 28.1. The van der Waals surface area contributed by atoms with Gasteiger partial charge in [0, 0.05) is 0 Å². The first-order valence-electron chi connectivity index (χ1n) is 19.4. The van der Waals surface area contributed by atoms with E-state index in [-0.39, 0.29) is 11.8 Å². The summed E-state index contributed by atoms with van der Waals surface area (Å²) in [7, 11) is 0. The van der Waals surface area contributed by atoms with Crippen molar-refractivity contribution in [3.8, 4) is 0 Å². The maximum absolute atomic E-state index is 3.48.